The van der Waals surface area contributed by atoms with Crippen molar-refractivity contribution in [3.8, 4) is 40.0 Å². The van der Waals surface area contributed by atoms with Crippen molar-refractivity contribution < 1.29 is 9.13 Å². The third kappa shape index (κ3) is 6.06. The van der Waals surface area contributed by atoms with Crippen LogP contribution < -0.4 is 4.74 Å². The Kier molecular flexibility index (Phi) is 7.80. The van der Waals surface area contributed by atoms with Crippen molar-refractivity contribution in [3.63, 3.8) is 0 Å². The Labute approximate surface area is 178 Å². The highest BCUT2D eigenvalue weighted by Crippen LogP contribution is 2.33. The van der Waals surface area contributed by atoms with Crippen molar-refractivity contribution in [2.45, 2.75) is 32.4 Å². The molecule has 0 aliphatic carbocycles. The number of nitrogens with zero attached hydrogens (tertiary/aromatic N) is 1. The Balaban J connectivity index is 1.78. The summed E-state index contributed by atoms with van der Waals surface area (Å²) in [5.74, 6) is 7.05. The van der Waals surface area contributed by atoms with Crippen LogP contribution in [0.1, 0.15) is 31.7 Å². The Morgan fingerprint density at radius 2 is 1.90 bits per heavy atom. The first kappa shape index (κ1) is 21.3. The fourth-order valence-electron chi connectivity index (χ4n) is 3.09. The van der Waals surface area contributed by atoms with Gasteiger partial charge in [-0.2, -0.15) is 0 Å². The van der Waals surface area contributed by atoms with Gasteiger partial charge in [-0.25, -0.2) is 4.39 Å². The topological polar surface area (TPSA) is 22.1 Å². The van der Waals surface area contributed by atoms with Gasteiger partial charge in [0.25, 0.3) is 0 Å². The molecule has 0 spiro atoms. The molecule has 2 aromatic carbocycles. The number of unbranched alkanes of at least 4 members (excludes halogenated alkanes) is 1. The summed E-state index contributed by atoms with van der Waals surface area (Å²) in [5.41, 5.74) is 4.93. The predicted molar refractivity (Wildman–Crippen MR) is 122 cm³/mol. The van der Waals surface area contributed by atoms with Crippen molar-refractivity contribution >= 4 is 0 Å². The zero-order valence-electron chi connectivity index (χ0n) is 17.3. The standard InChI is InChI=1S/C27H26FNO/c1-3-19-30-27-20-24(16-17-25(27)26-11-7-8-18-29-26)23-14-12-22(13-15-23)10-6-4-5-9-21(2)28/h3,7-8,11-18,20-21H,1,4-5,9,19H2,2H3. The maximum absolute atomic E-state index is 12.8. The zero-order valence-corrected chi connectivity index (χ0v) is 17.3. The number of halogens is 1. The van der Waals surface area contributed by atoms with E-state index in [9.17, 15) is 4.39 Å². The van der Waals surface area contributed by atoms with Crippen LogP contribution in [-0.4, -0.2) is 17.8 Å². The Morgan fingerprint density at radius 1 is 1.10 bits per heavy atom. The lowest BCUT2D eigenvalue weighted by molar-refractivity contribution is 0.336. The fraction of sp³-hybridized carbons (Fsp3) is 0.222. The summed E-state index contributed by atoms with van der Waals surface area (Å²) in [6, 6.07) is 20.1. The van der Waals surface area contributed by atoms with Crippen molar-refractivity contribution in [3.05, 3.63) is 85.1 Å². The number of rotatable bonds is 8. The van der Waals surface area contributed by atoms with Crippen LogP contribution in [0.3, 0.4) is 0 Å². The van der Waals surface area contributed by atoms with E-state index in [2.05, 4.69) is 41.6 Å². The van der Waals surface area contributed by atoms with Gasteiger partial charge in [-0.1, -0.05) is 48.8 Å². The van der Waals surface area contributed by atoms with E-state index in [4.69, 9.17) is 4.74 Å². The second kappa shape index (κ2) is 11.0. The number of hydrogen-bond acceptors (Lipinski definition) is 2. The second-order valence-corrected chi connectivity index (χ2v) is 7.08. The SMILES string of the molecule is C=CCOc1cc(-c2ccc(C#CCCCC(C)F)cc2)ccc1-c1ccccn1. The van der Waals surface area contributed by atoms with Crippen LogP contribution in [0.2, 0.25) is 0 Å². The summed E-state index contributed by atoms with van der Waals surface area (Å²) in [6.07, 6.45) is 4.83. The summed E-state index contributed by atoms with van der Waals surface area (Å²) < 4.78 is 18.7. The van der Waals surface area contributed by atoms with Crippen LogP contribution in [0.25, 0.3) is 22.4 Å². The van der Waals surface area contributed by atoms with Crippen LogP contribution in [0.15, 0.2) is 79.5 Å². The number of aromatic nitrogens is 1. The molecule has 0 bridgehead atoms. The molecule has 2 nitrogen and oxygen atoms in total. The molecule has 0 aliphatic rings. The third-order valence-corrected chi connectivity index (χ3v) is 4.63. The lowest BCUT2D eigenvalue weighted by Gasteiger charge is -2.12. The first-order chi connectivity index (χ1) is 14.7. The molecular weight excluding hydrogens is 373 g/mol. The molecule has 1 unspecified atom stereocenters. The van der Waals surface area contributed by atoms with Crippen molar-refractivity contribution in [2.75, 3.05) is 6.61 Å². The van der Waals surface area contributed by atoms with Gasteiger partial charge in [0.2, 0.25) is 0 Å². The first-order valence-electron chi connectivity index (χ1n) is 10.2. The van der Waals surface area contributed by atoms with Gasteiger partial charge < -0.3 is 4.74 Å². The van der Waals surface area contributed by atoms with Crippen molar-refractivity contribution in [1.82, 2.24) is 4.98 Å². The second-order valence-electron chi connectivity index (χ2n) is 7.08. The highest BCUT2D eigenvalue weighted by Gasteiger charge is 2.10. The smallest absolute Gasteiger partial charge is 0.129 e. The molecule has 0 saturated carbocycles. The largest absolute Gasteiger partial charge is 0.489 e. The highest BCUT2D eigenvalue weighted by molar-refractivity contribution is 5.75. The number of benzene rings is 2. The van der Waals surface area contributed by atoms with E-state index in [0.29, 0.717) is 13.0 Å². The van der Waals surface area contributed by atoms with E-state index >= 15 is 0 Å². The van der Waals surface area contributed by atoms with Gasteiger partial charge >= 0.3 is 0 Å². The Hall–Kier alpha value is -3.38. The molecule has 0 amide bonds. The maximum atomic E-state index is 12.8. The van der Waals surface area contributed by atoms with Gasteiger partial charge in [-0.3, -0.25) is 4.98 Å². The predicted octanol–water partition coefficient (Wildman–Crippen LogP) is 6.86. The summed E-state index contributed by atoms with van der Waals surface area (Å²) >= 11 is 0. The summed E-state index contributed by atoms with van der Waals surface area (Å²) in [5, 5.41) is 0. The van der Waals surface area contributed by atoms with Gasteiger partial charge in [0.15, 0.2) is 0 Å². The van der Waals surface area contributed by atoms with E-state index < -0.39 is 6.17 Å². The van der Waals surface area contributed by atoms with Crippen LogP contribution in [0.5, 0.6) is 5.75 Å². The molecule has 1 heterocycles. The molecule has 0 saturated heterocycles. The van der Waals surface area contributed by atoms with E-state index in [1.165, 1.54) is 0 Å². The van der Waals surface area contributed by atoms with Crippen LogP contribution in [0, 0.1) is 11.8 Å². The normalized spacial score (nSPS) is 11.3. The van der Waals surface area contributed by atoms with Crippen LogP contribution >= 0.6 is 0 Å². The first-order valence-corrected chi connectivity index (χ1v) is 10.2. The van der Waals surface area contributed by atoms with E-state index in [-0.39, 0.29) is 0 Å². The minimum absolute atomic E-state index is 0.430. The molecule has 0 aliphatic heterocycles. The quantitative estimate of drug-likeness (QED) is 0.234. The van der Waals surface area contributed by atoms with E-state index in [1.54, 1.807) is 19.2 Å². The summed E-state index contributed by atoms with van der Waals surface area (Å²) in [7, 11) is 0. The van der Waals surface area contributed by atoms with Gasteiger partial charge in [0, 0.05) is 23.7 Å². The number of alkyl halides is 1. The summed E-state index contributed by atoms with van der Waals surface area (Å²) in [6.45, 7) is 5.76. The molecule has 30 heavy (non-hydrogen) atoms. The lowest BCUT2D eigenvalue weighted by Crippen LogP contribution is -1.96. The minimum Gasteiger partial charge on any atom is -0.489 e. The molecule has 152 valence electrons. The fourth-order valence-corrected chi connectivity index (χ4v) is 3.09. The average Bonchev–Trinajstić information content (AvgIpc) is 2.78. The number of pyridine rings is 1. The number of hydrogen-bond donors (Lipinski definition) is 0. The molecule has 1 aromatic heterocycles. The molecule has 1 atom stereocenters. The van der Waals surface area contributed by atoms with Crippen LogP contribution in [-0.2, 0) is 0 Å². The van der Waals surface area contributed by atoms with Gasteiger partial charge in [0.05, 0.1) is 11.9 Å². The molecule has 3 aromatic rings. The monoisotopic (exact) mass is 399 g/mol. The summed E-state index contributed by atoms with van der Waals surface area (Å²) in [4.78, 5) is 4.44. The minimum atomic E-state index is -0.754. The lowest BCUT2D eigenvalue weighted by atomic mass is 10.0. The van der Waals surface area contributed by atoms with Crippen LogP contribution in [0.4, 0.5) is 4.39 Å². The molecule has 3 rings (SSSR count). The Bertz CT molecular complexity index is 1010. The van der Waals surface area contributed by atoms with E-state index in [1.807, 2.05) is 42.5 Å². The van der Waals surface area contributed by atoms with Crippen molar-refractivity contribution in [2.24, 2.45) is 0 Å². The molecular formula is C27H26FNO. The van der Waals surface area contributed by atoms with Gasteiger partial charge in [-0.05, 0) is 67.3 Å². The maximum Gasteiger partial charge on any atom is 0.129 e. The molecule has 0 fully saturated rings. The zero-order chi connectivity index (χ0) is 21.2. The molecule has 0 N–H and O–H groups in total. The van der Waals surface area contributed by atoms with E-state index in [0.717, 1.165) is 46.5 Å². The van der Waals surface area contributed by atoms with Gasteiger partial charge in [0.1, 0.15) is 12.4 Å². The average molecular weight is 400 g/mol. The Morgan fingerprint density at radius 3 is 2.60 bits per heavy atom. The molecule has 0 radical (unpaired) electrons. The van der Waals surface area contributed by atoms with Gasteiger partial charge in [-0.15, -0.1) is 0 Å². The highest BCUT2D eigenvalue weighted by atomic mass is 19.1. The van der Waals surface area contributed by atoms with Crippen molar-refractivity contribution in [1.29, 1.82) is 0 Å². The third-order valence-electron chi connectivity index (χ3n) is 4.63. The number of ether oxygens (including phenoxy) is 1. The molecule has 3 heteroatoms.